The maximum Gasteiger partial charge on any atom is 0.211 e. The molecule has 0 aliphatic heterocycles. The van der Waals surface area contributed by atoms with Crippen LogP contribution >= 0.6 is 0 Å². The first kappa shape index (κ1) is 12.4. The van der Waals surface area contributed by atoms with Gasteiger partial charge in [-0.15, -0.1) is 0 Å². The highest BCUT2D eigenvalue weighted by Crippen LogP contribution is 2.15. The first-order valence-corrected chi connectivity index (χ1v) is 5.89. The molecule has 0 saturated carbocycles. The zero-order chi connectivity index (χ0) is 13.1. The predicted molar refractivity (Wildman–Crippen MR) is 69.1 cm³/mol. The summed E-state index contributed by atoms with van der Waals surface area (Å²) in [6.45, 7) is 4.54. The number of rotatable bonds is 4. The Bertz CT molecular complexity index is 556. The Labute approximate surface area is 106 Å². The van der Waals surface area contributed by atoms with E-state index in [0.29, 0.717) is 17.8 Å². The fourth-order valence-electron chi connectivity index (χ4n) is 1.86. The van der Waals surface area contributed by atoms with Crippen molar-refractivity contribution in [1.29, 1.82) is 0 Å². The van der Waals surface area contributed by atoms with Crippen molar-refractivity contribution in [3.8, 4) is 5.75 Å². The summed E-state index contributed by atoms with van der Waals surface area (Å²) >= 11 is 0. The van der Waals surface area contributed by atoms with Crippen LogP contribution in [0.4, 0.5) is 0 Å². The molecule has 1 heterocycles. The smallest absolute Gasteiger partial charge is 0.211 e. The standard InChI is InChI=1S/C14H16N2O2/c1-4-16-13(9-10(2)15-16)14(17)11-5-7-12(18-3)8-6-11/h5-9H,4H2,1-3H3. The first-order valence-electron chi connectivity index (χ1n) is 5.89. The van der Waals surface area contributed by atoms with Crippen molar-refractivity contribution in [2.45, 2.75) is 20.4 Å². The molecule has 2 aromatic rings. The van der Waals surface area contributed by atoms with E-state index in [1.807, 2.05) is 19.9 Å². The van der Waals surface area contributed by atoms with Crippen LogP contribution in [0, 0.1) is 6.92 Å². The van der Waals surface area contributed by atoms with Gasteiger partial charge in [0.15, 0.2) is 0 Å². The van der Waals surface area contributed by atoms with Crippen molar-refractivity contribution >= 4 is 5.78 Å². The highest BCUT2D eigenvalue weighted by atomic mass is 16.5. The Kier molecular flexibility index (Phi) is 3.46. The summed E-state index contributed by atoms with van der Waals surface area (Å²) in [5, 5.41) is 4.28. The van der Waals surface area contributed by atoms with Crippen LogP contribution in [0.3, 0.4) is 0 Å². The van der Waals surface area contributed by atoms with E-state index < -0.39 is 0 Å². The van der Waals surface area contributed by atoms with Crippen LogP contribution < -0.4 is 4.74 Å². The van der Waals surface area contributed by atoms with Gasteiger partial charge in [-0.2, -0.15) is 5.10 Å². The van der Waals surface area contributed by atoms with Gasteiger partial charge < -0.3 is 4.74 Å². The number of aryl methyl sites for hydroxylation is 2. The third-order valence-electron chi connectivity index (χ3n) is 2.79. The Morgan fingerprint density at radius 2 is 2.00 bits per heavy atom. The highest BCUT2D eigenvalue weighted by molar-refractivity contribution is 6.08. The molecule has 0 amide bonds. The minimum atomic E-state index is -0.0138. The van der Waals surface area contributed by atoms with E-state index in [1.54, 1.807) is 36.1 Å². The van der Waals surface area contributed by atoms with Crippen LogP contribution in [0.15, 0.2) is 30.3 Å². The predicted octanol–water partition coefficient (Wildman–Crippen LogP) is 2.45. The molecule has 0 unspecified atom stereocenters. The normalized spacial score (nSPS) is 10.4. The maximum atomic E-state index is 12.3. The van der Waals surface area contributed by atoms with Crippen LogP contribution in [-0.2, 0) is 6.54 Å². The van der Waals surface area contributed by atoms with Crippen LogP contribution in [0.2, 0.25) is 0 Å². The van der Waals surface area contributed by atoms with Crippen molar-refractivity contribution in [3.05, 3.63) is 47.3 Å². The minimum absolute atomic E-state index is 0.0138. The van der Waals surface area contributed by atoms with Gasteiger partial charge in [-0.25, -0.2) is 0 Å². The van der Waals surface area contributed by atoms with Gasteiger partial charge in [-0.3, -0.25) is 9.48 Å². The number of ether oxygens (including phenoxy) is 1. The van der Waals surface area contributed by atoms with Gasteiger partial charge in [0.2, 0.25) is 5.78 Å². The number of carbonyl (C=O) groups is 1. The number of hydrogen-bond acceptors (Lipinski definition) is 3. The lowest BCUT2D eigenvalue weighted by Crippen LogP contribution is -2.10. The minimum Gasteiger partial charge on any atom is -0.497 e. The van der Waals surface area contributed by atoms with E-state index in [9.17, 15) is 4.79 Å². The molecule has 18 heavy (non-hydrogen) atoms. The van der Waals surface area contributed by atoms with Gasteiger partial charge in [0.25, 0.3) is 0 Å². The van der Waals surface area contributed by atoms with Gasteiger partial charge >= 0.3 is 0 Å². The summed E-state index contributed by atoms with van der Waals surface area (Å²) in [5.41, 5.74) is 2.12. The van der Waals surface area contributed by atoms with Crippen LogP contribution in [0.1, 0.15) is 28.7 Å². The topological polar surface area (TPSA) is 44.1 Å². The number of benzene rings is 1. The number of nitrogens with zero attached hydrogens (tertiary/aromatic N) is 2. The van der Waals surface area contributed by atoms with Gasteiger partial charge in [0.05, 0.1) is 12.8 Å². The van der Waals surface area contributed by atoms with Gasteiger partial charge in [-0.1, -0.05) is 0 Å². The molecule has 4 nitrogen and oxygen atoms in total. The number of carbonyl (C=O) groups excluding carboxylic acids is 1. The van der Waals surface area contributed by atoms with Crippen molar-refractivity contribution < 1.29 is 9.53 Å². The van der Waals surface area contributed by atoms with Gasteiger partial charge in [-0.05, 0) is 44.2 Å². The molecular weight excluding hydrogens is 228 g/mol. The average molecular weight is 244 g/mol. The number of hydrogen-bond donors (Lipinski definition) is 0. The van der Waals surface area contributed by atoms with E-state index in [0.717, 1.165) is 11.4 Å². The molecule has 0 spiro atoms. The number of ketones is 1. The van der Waals surface area contributed by atoms with E-state index in [4.69, 9.17) is 4.74 Å². The molecule has 0 fully saturated rings. The fourth-order valence-corrected chi connectivity index (χ4v) is 1.86. The number of methoxy groups -OCH3 is 1. The average Bonchev–Trinajstić information content (AvgIpc) is 2.79. The second kappa shape index (κ2) is 5.04. The van der Waals surface area contributed by atoms with Gasteiger partial charge in [0.1, 0.15) is 11.4 Å². The Morgan fingerprint density at radius 1 is 1.33 bits per heavy atom. The largest absolute Gasteiger partial charge is 0.497 e. The molecule has 94 valence electrons. The number of aromatic nitrogens is 2. The second-order valence-electron chi connectivity index (χ2n) is 4.04. The molecule has 4 heteroatoms. The molecule has 2 rings (SSSR count). The molecule has 0 bridgehead atoms. The van der Waals surface area contributed by atoms with Crippen LogP contribution in [0.25, 0.3) is 0 Å². The SMILES string of the molecule is CCn1nc(C)cc1C(=O)c1ccc(OC)cc1. The lowest BCUT2D eigenvalue weighted by atomic mass is 10.1. The summed E-state index contributed by atoms with van der Waals surface area (Å²) in [4.78, 5) is 12.3. The van der Waals surface area contributed by atoms with Crippen LogP contribution in [0.5, 0.6) is 5.75 Å². The van der Waals surface area contributed by atoms with E-state index in [-0.39, 0.29) is 5.78 Å². The third kappa shape index (κ3) is 2.27. The lowest BCUT2D eigenvalue weighted by Gasteiger charge is -2.04. The zero-order valence-electron chi connectivity index (χ0n) is 10.8. The van der Waals surface area contributed by atoms with Crippen molar-refractivity contribution in [1.82, 2.24) is 9.78 Å². The summed E-state index contributed by atoms with van der Waals surface area (Å²) in [6, 6.07) is 8.92. The second-order valence-corrected chi connectivity index (χ2v) is 4.04. The highest BCUT2D eigenvalue weighted by Gasteiger charge is 2.15. The van der Waals surface area contributed by atoms with E-state index in [1.165, 1.54) is 0 Å². The summed E-state index contributed by atoms with van der Waals surface area (Å²) in [7, 11) is 1.60. The molecule has 0 aliphatic carbocycles. The van der Waals surface area contributed by atoms with Crippen LogP contribution in [-0.4, -0.2) is 22.7 Å². The summed E-state index contributed by atoms with van der Waals surface area (Å²) < 4.78 is 6.80. The van der Waals surface area contributed by atoms with E-state index in [2.05, 4.69) is 5.10 Å². The molecule has 0 saturated heterocycles. The molecular formula is C14H16N2O2. The molecule has 0 aliphatic rings. The summed E-state index contributed by atoms with van der Waals surface area (Å²) in [5.74, 6) is 0.729. The Balaban J connectivity index is 2.34. The molecule has 1 aromatic carbocycles. The van der Waals surface area contributed by atoms with Crippen molar-refractivity contribution in [2.75, 3.05) is 7.11 Å². The lowest BCUT2D eigenvalue weighted by molar-refractivity contribution is 0.102. The molecule has 1 aromatic heterocycles. The maximum absolute atomic E-state index is 12.3. The quantitative estimate of drug-likeness (QED) is 0.776. The summed E-state index contributed by atoms with van der Waals surface area (Å²) in [6.07, 6.45) is 0. The van der Waals surface area contributed by atoms with Gasteiger partial charge in [0, 0.05) is 12.1 Å². The molecule has 0 N–H and O–H groups in total. The monoisotopic (exact) mass is 244 g/mol. The molecule has 0 atom stereocenters. The molecule has 0 radical (unpaired) electrons. The zero-order valence-corrected chi connectivity index (χ0v) is 10.8. The van der Waals surface area contributed by atoms with Crippen molar-refractivity contribution in [3.63, 3.8) is 0 Å². The Morgan fingerprint density at radius 3 is 2.56 bits per heavy atom. The fraction of sp³-hybridized carbons (Fsp3) is 0.286. The first-order chi connectivity index (χ1) is 8.65. The van der Waals surface area contributed by atoms with Crippen molar-refractivity contribution in [2.24, 2.45) is 0 Å². The third-order valence-corrected chi connectivity index (χ3v) is 2.79. The van der Waals surface area contributed by atoms with E-state index >= 15 is 0 Å². The Hall–Kier alpha value is -2.10.